The van der Waals surface area contributed by atoms with E-state index in [9.17, 15) is 4.79 Å². The van der Waals surface area contributed by atoms with Crippen LogP contribution in [0.25, 0.3) is 0 Å². The number of amides is 1. The first kappa shape index (κ1) is 14.3. The zero-order valence-corrected chi connectivity index (χ0v) is 11.7. The number of anilines is 2. The third-order valence-corrected chi connectivity index (χ3v) is 3.22. The lowest BCUT2D eigenvalue weighted by Gasteiger charge is -2.13. The van der Waals surface area contributed by atoms with Gasteiger partial charge in [-0.05, 0) is 44.2 Å². The van der Waals surface area contributed by atoms with Gasteiger partial charge < -0.3 is 10.1 Å². The predicted molar refractivity (Wildman–Crippen MR) is 77.7 cm³/mol. The molecule has 0 spiro atoms. The number of carbonyl (C=O) groups excluding carboxylic acids is 1. The largest absolute Gasteiger partial charge is 0.453 e. The summed E-state index contributed by atoms with van der Waals surface area (Å²) in [5.41, 5.74) is 1.53. The quantitative estimate of drug-likeness (QED) is 0.809. The Bertz CT molecular complexity index is 471. The van der Waals surface area contributed by atoms with E-state index in [0.717, 1.165) is 13.0 Å². The molecule has 1 aromatic rings. The van der Waals surface area contributed by atoms with Gasteiger partial charge in [0.05, 0.1) is 7.11 Å². The lowest BCUT2D eigenvalue weighted by molar-refractivity contribution is 0.187. The van der Waals surface area contributed by atoms with Gasteiger partial charge in [0.2, 0.25) is 0 Å². The molecule has 0 radical (unpaired) electrons. The summed E-state index contributed by atoms with van der Waals surface area (Å²) in [6, 6.07) is 3.47. The molecule has 2 rings (SSSR count). The third-order valence-electron chi connectivity index (χ3n) is 3.22. The normalized spacial score (nSPS) is 14.3. The van der Waals surface area contributed by atoms with Gasteiger partial charge >= 0.3 is 6.09 Å². The van der Waals surface area contributed by atoms with E-state index in [0.29, 0.717) is 11.6 Å². The van der Waals surface area contributed by atoms with Gasteiger partial charge in [0, 0.05) is 6.54 Å². The van der Waals surface area contributed by atoms with Crippen molar-refractivity contribution in [2.24, 2.45) is 0 Å². The molecule has 1 amide bonds. The van der Waals surface area contributed by atoms with E-state index in [-0.39, 0.29) is 0 Å². The van der Waals surface area contributed by atoms with Crippen molar-refractivity contribution in [2.45, 2.75) is 32.1 Å². The zero-order valence-electron chi connectivity index (χ0n) is 11.7. The van der Waals surface area contributed by atoms with Crippen LogP contribution in [-0.2, 0) is 4.74 Å². The Morgan fingerprint density at radius 3 is 2.75 bits per heavy atom. The molecule has 2 N–H and O–H groups in total. The van der Waals surface area contributed by atoms with Crippen LogP contribution in [0, 0.1) is 0 Å². The van der Waals surface area contributed by atoms with Crippen LogP contribution in [-0.4, -0.2) is 29.9 Å². The van der Waals surface area contributed by atoms with Gasteiger partial charge in [-0.1, -0.05) is 11.6 Å². The highest BCUT2D eigenvalue weighted by atomic mass is 16.5. The first-order valence-electron chi connectivity index (χ1n) is 6.88. The highest BCUT2D eigenvalue weighted by molar-refractivity contribution is 5.83. The number of hydrogen-bond acceptors (Lipinski definition) is 5. The summed E-state index contributed by atoms with van der Waals surface area (Å²) in [5, 5.41) is 13.6. The Balaban J connectivity index is 1.75. The first-order chi connectivity index (χ1) is 9.78. The first-order valence-corrected chi connectivity index (χ1v) is 6.88. The van der Waals surface area contributed by atoms with Gasteiger partial charge in [0.15, 0.2) is 5.82 Å². The predicted octanol–water partition coefficient (Wildman–Crippen LogP) is 2.96. The summed E-state index contributed by atoms with van der Waals surface area (Å²) >= 11 is 0. The van der Waals surface area contributed by atoms with E-state index in [4.69, 9.17) is 0 Å². The topological polar surface area (TPSA) is 76.1 Å². The summed E-state index contributed by atoms with van der Waals surface area (Å²) in [6.07, 6.45) is 7.89. The average molecular weight is 276 g/mol. The second-order valence-electron chi connectivity index (χ2n) is 4.71. The van der Waals surface area contributed by atoms with E-state index in [1.165, 1.54) is 38.4 Å². The molecule has 6 heteroatoms. The average Bonchev–Trinajstić information content (AvgIpc) is 2.50. The summed E-state index contributed by atoms with van der Waals surface area (Å²) in [6.45, 7) is 0.851. The molecule has 1 aliphatic rings. The van der Waals surface area contributed by atoms with Gasteiger partial charge in [-0.2, -0.15) is 0 Å². The Hall–Kier alpha value is -2.11. The van der Waals surface area contributed by atoms with Crippen LogP contribution in [0.2, 0.25) is 0 Å². The highest BCUT2D eigenvalue weighted by Gasteiger charge is 2.04. The van der Waals surface area contributed by atoms with Crippen LogP contribution in [0.1, 0.15) is 32.1 Å². The number of aromatic nitrogens is 2. The monoisotopic (exact) mass is 276 g/mol. The van der Waals surface area contributed by atoms with Crippen molar-refractivity contribution in [3.63, 3.8) is 0 Å². The molecule has 0 aromatic carbocycles. The lowest BCUT2D eigenvalue weighted by Crippen LogP contribution is -2.13. The van der Waals surface area contributed by atoms with E-state index in [1.54, 1.807) is 12.1 Å². The van der Waals surface area contributed by atoms with E-state index >= 15 is 0 Å². The van der Waals surface area contributed by atoms with Crippen molar-refractivity contribution in [2.75, 3.05) is 24.3 Å². The molecular weight excluding hydrogens is 256 g/mol. The summed E-state index contributed by atoms with van der Waals surface area (Å²) < 4.78 is 4.48. The smallest absolute Gasteiger partial charge is 0.412 e. The Kier molecular flexibility index (Phi) is 5.34. The van der Waals surface area contributed by atoms with E-state index < -0.39 is 6.09 Å². The van der Waals surface area contributed by atoms with E-state index in [2.05, 4.69) is 31.6 Å². The van der Waals surface area contributed by atoms with Crippen LogP contribution in [0.5, 0.6) is 0 Å². The molecule has 0 aliphatic heterocycles. The Labute approximate surface area is 118 Å². The molecule has 0 saturated carbocycles. The second kappa shape index (κ2) is 7.47. The second-order valence-corrected chi connectivity index (χ2v) is 4.71. The molecule has 6 nitrogen and oxygen atoms in total. The fraction of sp³-hybridized carbons (Fsp3) is 0.500. The van der Waals surface area contributed by atoms with Gasteiger partial charge in [-0.3, -0.25) is 5.32 Å². The third kappa shape index (κ3) is 4.53. The van der Waals surface area contributed by atoms with Crippen LogP contribution in [0.3, 0.4) is 0 Å². The number of carbonyl (C=O) groups is 1. The van der Waals surface area contributed by atoms with E-state index in [1.807, 2.05) is 0 Å². The standard InChI is InChI=1S/C14H20N4O2/c1-20-14(19)16-13-8-7-12(17-18-13)15-10-9-11-5-3-2-4-6-11/h5,7-8H,2-4,6,9-10H2,1H3,(H,15,17)(H,16,18,19). The minimum Gasteiger partial charge on any atom is -0.453 e. The van der Waals surface area contributed by atoms with Gasteiger partial charge in [-0.15, -0.1) is 10.2 Å². The minimum atomic E-state index is -0.552. The molecule has 0 fully saturated rings. The van der Waals surface area contributed by atoms with Crippen molar-refractivity contribution >= 4 is 17.7 Å². The summed E-state index contributed by atoms with van der Waals surface area (Å²) in [7, 11) is 1.30. The molecular formula is C14H20N4O2. The van der Waals surface area contributed by atoms with Crippen LogP contribution in [0.15, 0.2) is 23.8 Å². The number of nitrogens with one attached hydrogen (secondary N) is 2. The Morgan fingerprint density at radius 2 is 2.10 bits per heavy atom. The lowest BCUT2D eigenvalue weighted by atomic mass is 9.97. The number of nitrogens with zero attached hydrogens (tertiary/aromatic N) is 2. The van der Waals surface area contributed by atoms with Crippen molar-refractivity contribution < 1.29 is 9.53 Å². The summed E-state index contributed by atoms with van der Waals surface area (Å²) in [5.74, 6) is 1.08. The highest BCUT2D eigenvalue weighted by Crippen LogP contribution is 2.19. The molecule has 0 atom stereocenters. The molecule has 0 saturated heterocycles. The fourth-order valence-electron chi connectivity index (χ4n) is 2.13. The van der Waals surface area contributed by atoms with Crippen LogP contribution >= 0.6 is 0 Å². The molecule has 1 aliphatic carbocycles. The molecule has 20 heavy (non-hydrogen) atoms. The number of allylic oxidation sites excluding steroid dienone is 1. The fourth-order valence-corrected chi connectivity index (χ4v) is 2.13. The molecule has 0 bridgehead atoms. The number of methoxy groups -OCH3 is 1. The van der Waals surface area contributed by atoms with Crippen LogP contribution in [0.4, 0.5) is 16.4 Å². The van der Waals surface area contributed by atoms with Crippen LogP contribution < -0.4 is 10.6 Å². The molecule has 0 unspecified atom stereocenters. The van der Waals surface area contributed by atoms with Gasteiger partial charge in [-0.25, -0.2) is 4.79 Å². The van der Waals surface area contributed by atoms with Gasteiger partial charge in [0.25, 0.3) is 0 Å². The Morgan fingerprint density at radius 1 is 1.30 bits per heavy atom. The SMILES string of the molecule is COC(=O)Nc1ccc(NCCC2=CCCCC2)nn1. The van der Waals surface area contributed by atoms with Gasteiger partial charge in [0.1, 0.15) is 5.82 Å². The molecule has 1 heterocycles. The maximum atomic E-state index is 11.0. The number of hydrogen-bond donors (Lipinski definition) is 2. The van der Waals surface area contributed by atoms with Crippen molar-refractivity contribution in [1.82, 2.24) is 10.2 Å². The van der Waals surface area contributed by atoms with Crippen molar-refractivity contribution in [1.29, 1.82) is 0 Å². The van der Waals surface area contributed by atoms with Crippen molar-refractivity contribution in [3.8, 4) is 0 Å². The number of rotatable bonds is 5. The summed E-state index contributed by atoms with van der Waals surface area (Å²) in [4.78, 5) is 11.0. The maximum Gasteiger partial charge on any atom is 0.412 e. The molecule has 108 valence electrons. The zero-order chi connectivity index (χ0) is 14.2. The number of ether oxygens (including phenoxy) is 1. The minimum absolute atomic E-state index is 0.373. The van der Waals surface area contributed by atoms with Crippen molar-refractivity contribution in [3.05, 3.63) is 23.8 Å². The maximum absolute atomic E-state index is 11.0. The molecule has 1 aromatic heterocycles.